The minimum Gasteiger partial charge on any atom is -0.493 e. The van der Waals surface area contributed by atoms with Gasteiger partial charge in [-0.3, -0.25) is 9.55 Å². The lowest BCUT2D eigenvalue weighted by Crippen LogP contribution is -2.19. The number of hydrogen-bond donors (Lipinski definition) is 0. The van der Waals surface area contributed by atoms with Crippen LogP contribution in [-0.2, 0) is 6.54 Å². The zero-order valence-corrected chi connectivity index (χ0v) is 16.5. The van der Waals surface area contributed by atoms with Crippen LogP contribution in [0.25, 0.3) is 22.2 Å². The van der Waals surface area contributed by atoms with Gasteiger partial charge in [-0.2, -0.15) is 13.2 Å². The van der Waals surface area contributed by atoms with Gasteiger partial charge in [0.05, 0.1) is 6.61 Å². The molecule has 0 amide bonds. The molecule has 2 aromatic carbocycles. The van der Waals surface area contributed by atoms with E-state index in [1.807, 2.05) is 42.5 Å². The number of rotatable bonds is 7. The average molecular weight is 430 g/mol. The lowest BCUT2D eigenvalue weighted by atomic mass is 10.1. The van der Waals surface area contributed by atoms with E-state index in [1.54, 1.807) is 12.1 Å². The summed E-state index contributed by atoms with van der Waals surface area (Å²) >= 11 is 1.17. The van der Waals surface area contributed by atoms with E-state index in [1.165, 1.54) is 24.2 Å². The first-order valence-corrected chi connectivity index (χ1v) is 10.1. The summed E-state index contributed by atoms with van der Waals surface area (Å²) in [5.74, 6) is 1.30. The summed E-state index contributed by atoms with van der Waals surface area (Å²) in [5, 5.41) is 10.3. The Morgan fingerprint density at radius 1 is 0.933 bits per heavy atom. The Bertz CT molecular complexity index is 1130. The quantitative estimate of drug-likeness (QED) is 0.297. The summed E-state index contributed by atoms with van der Waals surface area (Å²) in [6, 6.07) is 16.9. The van der Waals surface area contributed by atoms with Crippen LogP contribution >= 0.6 is 11.8 Å². The molecule has 9 heteroatoms. The van der Waals surface area contributed by atoms with Crippen molar-refractivity contribution in [3.63, 3.8) is 0 Å². The zero-order chi connectivity index (χ0) is 21.0. The van der Waals surface area contributed by atoms with Crippen LogP contribution < -0.4 is 4.74 Å². The van der Waals surface area contributed by atoms with E-state index in [-0.39, 0.29) is 11.0 Å². The van der Waals surface area contributed by atoms with Crippen molar-refractivity contribution in [2.75, 3.05) is 12.4 Å². The molecule has 0 N–H and O–H groups in total. The lowest BCUT2D eigenvalue weighted by molar-refractivity contribution is -0.141. The Balaban J connectivity index is 1.44. The fourth-order valence-corrected chi connectivity index (χ4v) is 3.74. The zero-order valence-electron chi connectivity index (χ0n) is 15.7. The minimum absolute atomic E-state index is 0.160. The van der Waals surface area contributed by atoms with Crippen molar-refractivity contribution >= 4 is 22.5 Å². The molecule has 2 heterocycles. The van der Waals surface area contributed by atoms with Crippen LogP contribution in [-0.4, -0.2) is 38.3 Å². The number of ether oxygens (including phenoxy) is 1. The summed E-state index contributed by atoms with van der Waals surface area (Å²) in [6.07, 6.45) is -1.38. The summed E-state index contributed by atoms with van der Waals surface area (Å²) < 4.78 is 46.2. The molecule has 0 bridgehead atoms. The second-order valence-electron chi connectivity index (χ2n) is 6.45. The number of alkyl halides is 3. The molecular weight excluding hydrogens is 413 g/mol. The summed E-state index contributed by atoms with van der Waals surface area (Å²) in [5.41, 5.74) is 0.529. The molecule has 0 saturated heterocycles. The Morgan fingerprint density at radius 2 is 1.70 bits per heavy atom. The van der Waals surface area contributed by atoms with Crippen molar-refractivity contribution in [1.82, 2.24) is 19.7 Å². The summed E-state index contributed by atoms with van der Waals surface area (Å²) in [4.78, 5) is 3.89. The van der Waals surface area contributed by atoms with Gasteiger partial charge < -0.3 is 4.74 Å². The number of aromatic nitrogens is 4. The van der Waals surface area contributed by atoms with E-state index in [0.29, 0.717) is 23.7 Å². The van der Waals surface area contributed by atoms with Gasteiger partial charge in [0.1, 0.15) is 12.3 Å². The summed E-state index contributed by atoms with van der Waals surface area (Å²) in [7, 11) is 0. The topological polar surface area (TPSA) is 52.8 Å². The predicted molar refractivity (Wildman–Crippen MR) is 109 cm³/mol. The highest BCUT2D eigenvalue weighted by atomic mass is 32.2. The van der Waals surface area contributed by atoms with E-state index >= 15 is 0 Å². The van der Waals surface area contributed by atoms with Crippen molar-refractivity contribution in [2.24, 2.45) is 0 Å². The number of benzene rings is 2. The van der Waals surface area contributed by atoms with Gasteiger partial charge in [0.25, 0.3) is 0 Å². The SMILES string of the molecule is FC(F)(F)Cn1c(SCCOc2ccc3ccccc3c2)nnc1-c1ccncc1. The second kappa shape index (κ2) is 8.74. The van der Waals surface area contributed by atoms with Crippen LogP contribution in [0.5, 0.6) is 5.75 Å². The van der Waals surface area contributed by atoms with Crippen molar-refractivity contribution in [3.8, 4) is 17.1 Å². The molecule has 4 aromatic rings. The molecular formula is C21H17F3N4OS. The highest BCUT2D eigenvalue weighted by molar-refractivity contribution is 7.99. The summed E-state index contributed by atoms with van der Waals surface area (Å²) in [6.45, 7) is -0.835. The molecule has 4 rings (SSSR count). The van der Waals surface area contributed by atoms with Crippen LogP contribution in [0.4, 0.5) is 13.2 Å². The number of hydrogen-bond acceptors (Lipinski definition) is 5. The fraction of sp³-hybridized carbons (Fsp3) is 0.190. The molecule has 0 atom stereocenters. The second-order valence-corrected chi connectivity index (χ2v) is 7.51. The molecule has 2 aromatic heterocycles. The molecule has 0 radical (unpaired) electrons. The van der Waals surface area contributed by atoms with Crippen molar-refractivity contribution < 1.29 is 17.9 Å². The van der Waals surface area contributed by atoms with E-state index in [0.717, 1.165) is 15.3 Å². The van der Waals surface area contributed by atoms with Crippen molar-refractivity contribution in [2.45, 2.75) is 17.9 Å². The van der Waals surface area contributed by atoms with Crippen LogP contribution in [0, 0.1) is 0 Å². The van der Waals surface area contributed by atoms with Crippen LogP contribution in [0.1, 0.15) is 0 Å². The number of nitrogens with zero attached hydrogens (tertiary/aromatic N) is 4. The standard InChI is InChI=1S/C21H17F3N4OS/c22-21(23,24)14-28-19(16-7-9-25-10-8-16)26-27-20(28)30-12-11-29-18-6-5-15-3-1-2-4-17(15)13-18/h1-10,13H,11-12,14H2. The number of pyridine rings is 1. The maximum Gasteiger partial charge on any atom is 0.406 e. The van der Waals surface area contributed by atoms with Gasteiger partial charge in [-0.15, -0.1) is 10.2 Å². The van der Waals surface area contributed by atoms with Gasteiger partial charge in [-0.25, -0.2) is 0 Å². The third-order valence-corrected chi connectivity index (χ3v) is 5.23. The molecule has 0 fully saturated rings. The van der Waals surface area contributed by atoms with E-state index in [4.69, 9.17) is 4.74 Å². The highest BCUT2D eigenvalue weighted by Crippen LogP contribution is 2.28. The van der Waals surface area contributed by atoms with Gasteiger partial charge >= 0.3 is 6.18 Å². The maximum absolute atomic E-state index is 13.1. The van der Waals surface area contributed by atoms with Gasteiger partial charge in [-0.05, 0) is 35.0 Å². The van der Waals surface area contributed by atoms with Crippen molar-refractivity contribution in [3.05, 3.63) is 67.0 Å². The third kappa shape index (κ3) is 4.91. The number of halogens is 3. The van der Waals surface area contributed by atoms with E-state index in [9.17, 15) is 13.2 Å². The Labute approximate surface area is 174 Å². The Morgan fingerprint density at radius 3 is 2.47 bits per heavy atom. The molecule has 5 nitrogen and oxygen atoms in total. The van der Waals surface area contributed by atoms with Gasteiger partial charge in [0.15, 0.2) is 11.0 Å². The fourth-order valence-electron chi connectivity index (χ4n) is 2.98. The predicted octanol–water partition coefficient (Wildman–Crippen LogP) is 5.23. The average Bonchev–Trinajstić information content (AvgIpc) is 3.12. The highest BCUT2D eigenvalue weighted by Gasteiger charge is 2.31. The monoisotopic (exact) mass is 430 g/mol. The first-order valence-electron chi connectivity index (χ1n) is 9.14. The third-order valence-electron chi connectivity index (χ3n) is 4.30. The van der Waals surface area contributed by atoms with Crippen LogP contribution in [0.15, 0.2) is 72.1 Å². The molecule has 0 unspecified atom stereocenters. The Kier molecular flexibility index (Phi) is 5.89. The first kappa shape index (κ1) is 20.2. The number of thioether (sulfide) groups is 1. The molecule has 0 aliphatic heterocycles. The normalized spacial score (nSPS) is 11.7. The maximum atomic E-state index is 13.1. The molecule has 154 valence electrons. The van der Waals surface area contributed by atoms with E-state index < -0.39 is 12.7 Å². The Hall–Kier alpha value is -3.07. The van der Waals surface area contributed by atoms with Crippen LogP contribution in [0.2, 0.25) is 0 Å². The van der Waals surface area contributed by atoms with Gasteiger partial charge in [0, 0.05) is 23.7 Å². The molecule has 0 saturated carbocycles. The van der Waals surface area contributed by atoms with Crippen LogP contribution in [0.3, 0.4) is 0 Å². The largest absolute Gasteiger partial charge is 0.493 e. The van der Waals surface area contributed by atoms with Gasteiger partial charge in [-0.1, -0.05) is 42.1 Å². The number of fused-ring (bicyclic) bond motifs is 1. The smallest absolute Gasteiger partial charge is 0.406 e. The van der Waals surface area contributed by atoms with Gasteiger partial charge in [0.2, 0.25) is 0 Å². The molecule has 0 aliphatic rings. The minimum atomic E-state index is -4.39. The van der Waals surface area contributed by atoms with Crippen molar-refractivity contribution in [1.29, 1.82) is 0 Å². The first-order chi connectivity index (χ1) is 14.5. The molecule has 0 aliphatic carbocycles. The van der Waals surface area contributed by atoms with E-state index in [2.05, 4.69) is 15.2 Å². The lowest BCUT2D eigenvalue weighted by Gasteiger charge is -2.13. The molecule has 30 heavy (non-hydrogen) atoms. The molecule has 0 spiro atoms.